The fourth-order valence-corrected chi connectivity index (χ4v) is 2.21. The standard InChI is InChI=1S/C12H15NO3/c1-7-4-9(14)2-3-10(7)11-5-8(6-13-11)12(15)16/h2-4,8,11,13-14H,5-6H2,1H3,(H,15,16). The monoisotopic (exact) mass is 221 g/mol. The Kier molecular flexibility index (Phi) is 2.83. The fraction of sp³-hybridized carbons (Fsp3) is 0.417. The Hall–Kier alpha value is -1.55. The van der Waals surface area contributed by atoms with Crippen LogP contribution in [0.5, 0.6) is 5.75 Å². The molecule has 1 fully saturated rings. The predicted octanol–water partition coefficient (Wildman–Crippen LogP) is 1.44. The minimum atomic E-state index is -0.744. The van der Waals surface area contributed by atoms with Crippen LogP contribution in [0.25, 0.3) is 0 Å². The van der Waals surface area contributed by atoms with E-state index in [1.807, 2.05) is 13.0 Å². The molecule has 1 aromatic carbocycles. The van der Waals surface area contributed by atoms with E-state index in [1.165, 1.54) is 0 Å². The van der Waals surface area contributed by atoms with Crippen LogP contribution in [-0.2, 0) is 4.79 Å². The van der Waals surface area contributed by atoms with Crippen molar-refractivity contribution >= 4 is 5.97 Å². The lowest BCUT2D eigenvalue weighted by Gasteiger charge is -2.13. The number of phenolic OH excluding ortho intramolecular Hbond substituents is 1. The van der Waals surface area contributed by atoms with Crippen LogP contribution in [0.3, 0.4) is 0 Å². The highest BCUT2D eigenvalue weighted by Crippen LogP contribution is 2.30. The molecule has 1 aliphatic rings. The number of benzene rings is 1. The van der Waals surface area contributed by atoms with Crippen molar-refractivity contribution in [2.45, 2.75) is 19.4 Å². The Balaban J connectivity index is 2.17. The number of aromatic hydroxyl groups is 1. The highest BCUT2D eigenvalue weighted by Gasteiger charge is 2.30. The number of nitrogens with one attached hydrogen (secondary N) is 1. The average molecular weight is 221 g/mol. The summed E-state index contributed by atoms with van der Waals surface area (Å²) in [5, 5.41) is 21.4. The SMILES string of the molecule is Cc1cc(O)ccc1C1CC(C(=O)O)CN1. The molecule has 0 spiro atoms. The van der Waals surface area contributed by atoms with Gasteiger partial charge in [0.05, 0.1) is 5.92 Å². The van der Waals surface area contributed by atoms with Crippen LogP contribution in [0.2, 0.25) is 0 Å². The van der Waals surface area contributed by atoms with Crippen LogP contribution < -0.4 is 5.32 Å². The van der Waals surface area contributed by atoms with E-state index >= 15 is 0 Å². The van der Waals surface area contributed by atoms with Gasteiger partial charge in [-0.25, -0.2) is 0 Å². The molecule has 0 amide bonds. The number of phenols is 1. The van der Waals surface area contributed by atoms with Crippen LogP contribution in [0, 0.1) is 12.8 Å². The number of aliphatic carboxylic acids is 1. The zero-order valence-electron chi connectivity index (χ0n) is 9.10. The molecule has 0 bridgehead atoms. The lowest BCUT2D eigenvalue weighted by atomic mass is 9.96. The molecular weight excluding hydrogens is 206 g/mol. The maximum atomic E-state index is 10.8. The van der Waals surface area contributed by atoms with E-state index in [0.29, 0.717) is 13.0 Å². The third kappa shape index (κ3) is 2.02. The fourth-order valence-electron chi connectivity index (χ4n) is 2.21. The molecule has 1 saturated heterocycles. The Morgan fingerprint density at radius 3 is 2.81 bits per heavy atom. The zero-order valence-corrected chi connectivity index (χ0v) is 9.10. The highest BCUT2D eigenvalue weighted by atomic mass is 16.4. The molecule has 0 aromatic heterocycles. The summed E-state index contributed by atoms with van der Waals surface area (Å²) in [5.74, 6) is -0.807. The number of rotatable bonds is 2. The molecule has 2 unspecified atom stereocenters. The molecule has 2 rings (SSSR count). The summed E-state index contributed by atoms with van der Waals surface area (Å²) in [6.07, 6.45) is 0.612. The number of aryl methyl sites for hydroxylation is 1. The van der Waals surface area contributed by atoms with Crippen molar-refractivity contribution in [3.05, 3.63) is 29.3 Å². The van der Waals surface area contributed by atoms with Crippen LogP contribution in [0.15, 0.2) is 18.2 Å². The van der Waals surface area contributed by atoms with Gasteiger partial charge >= 0.3 is 5.97 Å². The minimum absolute atomic E-state index is 0.0849. The molecule has 2 atom stereocenters. The number of carboxylic acids is 1. The van der Waals surface area contributed by atoms with Crippen molar-refractivity contribution in [2.24, 2.45) is 5.92 Å². The van der Waals surface area contributed by atoms with Crippen LogP contribution >= 0.6 is 0 Å². The van der Waals surface area contributed by atoms with Crippen molar-refractivity contribution in [2.75, 3.05) is 6.54 Å². The summed E-state index contributed by atoms with van der Waals surface area (Å²) in [7, 11) is 0. The van der Waals surface area contributed by atoms with Crippen molar-refractivity contribution in [1.82, 2.24) is 5.32 Å². The van der Waals surface area contributed by atoms with Crippen molar-refractivity contribution in [3.63, 3.8) is 0 Å². The normalized spacial score (nSPS) is 24.6. The Bertz CT molecular complexity index is 417. The van der Waals surface area contributed by atoms with Gasteiger partial charge in [-0.3, -0.25) is 4.79 Å². The molecule has 4 heteroatoms. The Labute approximate surface area is 93.9 Å². The number of hydrogen-bond donors (Lipinski definition) is 3. The lowest BCUT2D eigenvalue weighted by molar-refractivity contribution is -0.141. The van der Waals surface area contributed by atoms with Crippen LogP contribution in [-0.4, -0.2) is 22.7 Å². The van der Waals surface area contributed by atoms with E-state index in [4.69, 9.17) is 5.11 Å². The first-order chi connectivity index (χ1) is 7.58. The van der Waals surface area contributed by atoms with Crippen molar-refractivity contribution < 1.29 is 15.0 Å². The Morgan fingerprint density at radius 1 is 1.50 bits per heavy atom. The molecule has 4 nitrogen and oxygen atoms in total. The first-order valence-electron chi connectivity index (χ1n) is 5.33. The number of hydrogen-bond acceptors (Lipinski definition) is 3. The summed E-state index contributed by atoms with van der Waals surface area (Å²) in [6.45, 7) is 2.44. The third-order valence-electron chi connectivity index (χ3n) is 3.11. The van der Waals surface area contributed by atoms with Gasteiger partial charge in [-0.1, -0.05) is 6.07 Å². The second kappa shape index (κ2) is 4.14. The van der Waals surface area contributed by atoms with Gasteiger partial charge < -0.3 is 15.5 Å². The second-order valence-corrected chi connectivity index (χ2v) is 4.27. The van der Waals surface area contributed by atoms with E-state index in [0.717, 1.165) is 11.1 Å². The first kappa shape index (κ1) is 11.0. The zero-order chi connectivity index (χ0) is 11.7. The van der Waals surface area contributed by atoms with Gasteiger partial charge in [0.2, 0.25) is 0 Å². The quantitative estimate of drug-likeness (QED) is 0.706. The van der Waals surface area contributed by atoms with E-state index in [2.05, 4.69) is 5.32 Å². The van der Waals surface area contributed by atoms with Crippen molar-refractivity contribution in [1.29, 1.82) is 0 Å². The maximum absolute atomic E-state index is 10.8. The van der Waals surface area contributed by atoms with Crippen molar-refractivity contribution in [3.8, 4) is 5.75 Å². The summed E-state index contributed by atoms with van der Waals surface area (Å²) < 4.78 is 0. The van der Waals surface area contributed by atoms with Gasteiger partial charge in [0.15, 0.2) is 0 Å². The number of carboxylic acid groups (broad SMARTS) is 1. The molecule has 3 N–H and O–H groups in total. The molecule has 0 radical (unpaired) electrons. The lowest BCUT2D eigenvalue weighted by Crippen LogP contribution is -2.17. The van der Waals surface area contributed by atoms with Gasteiger partial charge in [-0.05, 0) is 36.6 Å². The van der Waals surface area contributed by atoms with E-state index < -0.39 is 5.97 Å². The van der Waals surface area contributed by atoms with E-state index in [-0.39, 0.29) is 17.7 Å². The molecule has 1 aliphatic heterocycles. The smallest absolute Gasteiger partial charge is 0.307 e. The minimum Gasteiger partial charge on any atom is -0.508 e. The summed E-state index contributed by atoms with van der Waals surface area (Å²) in [4.78, 5) is 10.8. The average Bonchev–Trinajstić information content (AvgIpc) is 2.66. The number of carbonyl (C=O) groups is 1. The van der Waals surface area contributed by atoms with E-state index in [1.54, 1.807) is 12.1 Å². The molecule has 16 heavy (non-hydrogen) atoms. The van der Waals surface area contributed by atoms with Gasteiger partial charge in [0, 0.05) is 12.6 Å². The molecule has 1 heterocycles. The van der Waals surface area contributed by atoms with Gasteiger partial charge in [-0.2, -0.15) is 0 Å². The maximum Gasteiger partial charge on any atom is 0.307 e. The topological polar surface area (TPSA) is 69.6 Å². The van der Waals surface area contributed by atoms with Gasteiger partial charge in [-0.15, -0.1) is 0 Å². The Morgan fingerprint density at radius 2 is 2.25 bits per heavy atom. The molecular formula is C12H15NO3. The molecule has 0 aliphatic carbocycles. The molecule has 1 aromatic rings. The van der Waals surface area contributed by atoms with Gasteiger partial charge in [0.1, 0.15) is 5.75 Å². The predicted molar refractivity (Wildman–Crippen MR) is 59.3 cm³/mol. The van der Waals surface area contributed by atoms with E-state index in [9.17, 15) is 9.90 Å². The first-order valence-corrected chi connectivity index (χ1v) is 5.33. The van der Waals surface area contributed by atoms with Gasteiger partial charge in [0.25, 0.3) is 0 Å². The molecule has 86 valence electrons. The third-order valence-corrected chi connectivity index (χ3v) is 3.11. The second-order valence-electron chi connectivity index (χ2n) is 4.27. The largest absolute Gasteiger partial charge is 0.508 e. The van der Waals surface area contributed by atoms with Crippen LogP contribution in [0.1, 0.15) is 23.6 Å². The summed E-state index contributed by atoms with van der Waals surface area (Å²) >= 11 is 0. The highest BCUT2D eigenvalue weighted by molar-refractivity contribution is 5.70. The van der Waals surface area contributed by atoms with Crippen LogP contribution in [0.4, 0.5) is 0 Å². The summed E-state index contributed by atoms with van der Waals surface area (Å²) in [6, 6.07) is 5.28. The summed E-state index contributed by atoms with van der Waals surface area (Å²) in [5.41, 5.74) is 2.06. The molecule has 0 saturated carbocycles.